The van der Waals surface area contributed by atoms with E-state index in [1.54, 1.807) is 18.2 Å². The molecule has 0 radical (unpaired) electrons. The van der Waals surface area contributed by atoms with Gasteiger partial charge in [-0.2, -0.15) is 0 Å². The van der Waals surface area contributed by atoms with Gasteiger partial charge in [-0.15, -0.1) is 0 Å². The molecule has 1 saturated carbocycles. The van der Waals surface area contributed by atoms with Gasteiger partial charge in [0, 0.05) is 25.7 Å². The summed E-state index contributed by atoms with van der Waals surface area (Å²) >= 11 is 12.0. The molecule has 1 saturated heterocycles. The Labute approximate surface area is 159 Å². The Morgan fingerprint density at radius 2 is 2.08 bits per heavy atom. The fourth-order valence-corrected chi connectivity index (χ4v) is 4.36. The van der Waals surface area contributed by atoms with Gasteiger partial charge in [-0.3, -0.25) is 4.79 Å². The van der Waals surface area contributed by atoms with Gasteiger partial charge < -0.3 is 14.8 Å². The molecule has 0 aromatic heterocycles. The molecule has 1 amide bonds. The summed E-state index contributed by atoms with van der Waals surface area (Å²) in [5.41, 5.74) is 0.263. The number of amides is 1. The van der Waals surface area contributed by atoms with Crippen molar-refractivity contribution in [3.8, 4) is 5.75 Å². The Kier molecular flexibility index (Phi) is 6.48. The molecule has 1 aromatic carbocycles. The molecule has 1 aliphatic heterocycles. The Bertz CT molecular complexity index is 602. The molecule has 0 unspecified atom stereocenters. The summed E-state index contributed by atoms with van der Waals surface area (Å²) in [5.74, 6) is 0.671. The second-order valence-corrected chi connectivity index (χ2v) is 7.78. The molecule has 138 valence electrons. The van der Waals surface area contributed by atoms with Crippen molar-refractivity contribution in [2.75, 3.05) is 19.8 Å². The van der Waals surface area contributed by atoms with Crippen LogP contribution < -0.4 is 10.1 Å². The van der Waals surface area contributed by atoms with Crippen LogP contribution in [0.3, 0.4) is 0 Å². The lowest BCUT2D eigenvalue weighted by molar-refractivity contribution is -0.123. The summed E-state index contributed by atoms with van der Waals surface area (Å²) in [6, 6.07) is 5.59. The summed E-state index contributed by atoms with van der Waals surface area (Å²) in [5, 5.41) is 4.15. The van der Waals surface area contributed by atoms with Crippen LogP contribution >= 0.6 is 23.2 Å². The first kappa shape index (κ1) is 18.8. The summed E-state index contributed by atoms with van der Waals surface area (Å²) in [6.07, 6.45) is 6.72. The predicted octanol–water partition coefficient (Wildman–Crippen LogP) is 4.62. The Balaban J connectivity index is 1.41. The minimum atomic E-state index is 0.110. The molecule has 1 atom stereocenters. The van der Waals surface area contributed by atoms with Gasteiger partial charge in [0.1, 0.15) is 10.8 Å². The van der Waals surface area contributed by atoms with E-state index in [0.717, 1.165) is 32.5 Å². The predicted molar refractivity (Wildman–Crippen MR) is 99.5 cm³/mol. The number of carbonyl (C=O) groups is 1. The van der Waals surface area contributed by atoms with E-state index in [4.69, 9.17) is 32.7 Å². The van der Waals surface area contributed by atoms with E-state index < -0.39 is 0 Å². The van der Waals surface area contributed by atoms with Crippen LogP contribution in [-0.2, 0) is 9.53 Å². The van der Waals surface area contributed by atoms with Gasteiger partial charge in [-0.25, -0.2) is 0 Å². The lowest BCUT2D eigenvalue weighted by Crippen LogP contribution is -2.47. The number of hydrogen-bond acceptors (Lipinski definition) is 3. The highest BCUT2D eigenvalue weighted by molar-refractivity contribution is 6.42. The molecule has 2 fully saturated rings. The fourth-order valence-electron chi connectivity index (χ4n) is 4.02. The zero-order valence-corrected chi connectivity index (χ0v) is 15.9. The summed E-state index contributed by atoms with van der Waals surface area (Å²) in [4.78, 5) is 12.3. The summed E-state index contributed by atoms with van der Waals surface area (Å²) in [7, 11) is 0. The summed E-state index contributed by atoms with van der Waals surface area (Å²) in [6.45, 7) is 2.08. The van der Waals surface area contributed by atoms with E-state index in [1.807, 2.05) is 0 Å². The van der Waals surface area contributed by atoms with Crippen molar-refractivity contribution >= 4 is 29.1 Å². The third-order valence-corrected chi connectivity index (χ3v) is 6.25. The third-order valence-electron chi connectivity index (χ3n) is 5.45. The Morgan fingerprint density at radius 1 is 1.28 bits per heavy atom. The van der Waals surface area contributed by atoms with Crippen molar-refractivity contribution in [3.63, 3.8) is 0 Å². The van der Waals surface area contributed by atoms with Gasteiger partial charge in [0.05, 0.1) is 11.6 Å². The van der Waals surface area contributed by atoms with E-state index >= 15 is 0 Å². The van der Waals surface area contributed by atoms with Gasteiger partial charge in [0.25, 0.3) is 0 Å². The molecule has 1 spiro atoms. The molecular formula is C19H25Cl2NO3. The quantitative estimate of drug-likeness (QED) is 0.726. The highest BCUT2D eigenvalue weighted by Crippen LogP contribution is 2.46. The van der Waals surface area contributed by atoms with Crippen LogP contribution in [0.4, 0.5) is 0 Å². The van der Waals surface area contributed by atoms with Crippen LogP contribution in [0, 0.1) is 5.41 Å². The van der Waals surface area contributed by atoms with Crippen molar-refractivity contribution < 1.29 is 14.3 Å². The van der Waals surface area contributed by atoms with E-state index in [1.165, 1.54) is 12.8 Å². The summed E-state index contributed by atoms with van der Waals surface area (Å²) < 4.78 is 11.1. The average molecular weight is 386 g/mol. The highest BCUT2D eigenvalue weighted by Gasteiger charge is 2.44. The van der Waals surface area contributed by atoms with E-state index in [2.05, 4.69) is 5.32 Å². The molecule has 3 rings (SSSR count). The topological polar surface area (TPSA) is 47.6 Å². The minimum absolute atomic E-state index is 0.110. The first-order chi connectivity index (χ1) is 12.1. The number of ether oxygens (including phenoxy) is 2. The Morgan fingerprint density at radius 3 is 2.88 bits per heavy atom. The van der Waals surface area contributed by atoms with E-state index in [9.17, 15) is 4.79 Å². The number of rotatable bonds is 6. The van der Waals surface area contributed by atoms with E-state index in [0.29, 0.717) is 41.3 Å². The molecule has 1 N–H and O–H groups in total. The molecule has 1 aromatic rings. The van der Waals surface area contributed by atoms with Crippen LogP contribution in [0.15, 0.2) is 18.2 Å². The Hall–Kier alpha value is -0.970. The molecule has 6 heteroatoms. The van der Waals surface area contributed by atoms with Crippen LogP contribution in [0.1, 0.15) is 44.9 Å². The van der Waals surface area contributed by atoms with Crippen molar-refractivity contribution in [2.24, 2.45) is 5.41 Å². The maximum absolute atomic E-state index is 12.3. The molecule has 1 heterocycles. The van der Waals surface area contributed by atoms with Crippen LogP contribution in [0.25, 0.3) is 0 Å². The first-order valence-corrected chi connectivity index (χ1v) is 9.80. The van der Waals surface area contributed by atoms with E-state index in [-0.39, 0.29) is 11.3 Å². The fraction of sp³-hybridized carbons (Fsp3) is 0.632. The zero-order chi connectivity index (χ0) is 17.7. The van der Waals surface area contributed by atoms with Crippen molar-refractivity contribution in [2.45, 2.75) is 51.0 Å². The lowest BCUT2D eigenvalue weighted by Gasteiger charge is -2.39. The second kappa shape index (κ2) is 8.61. The molecule has 25 heavy (non-hydrogen) atoms. The smallest absolute Gasteiger partial charge is 0.220 e. The van der Waals surface area contributed by atoms with Crippen molar-refractivity contribution in [1.29, 1.82) is 0 Å². The van der Waals surface area contributed by atoms with Crippen molar-refractivity contribution in [1.82, 2.24) is 5.32 Å². The van der Waals surface area contributed by atoms with Crippen LogP contribution in [0.2, 0.25) is 10.0 Å². The highest BCUT2D eigenvalue weighted by atomic mass is 35.5. The molecule has 0 bridgehead atoms. The van der Waals surface area contributed by atoms with Gasteiger partial charge in [0.2, 0.25) is 5.91 Å². The number of halogens is 2. The van der Waals surface area contributed by atoms with Crippen molar-refractivity contribution in [3.05, 3.63) is 28.2 Å². The molecular weight excluding hydrogens is 361 g/mol. The van der Waals surface area contributed by atoms with Gasteiger partial charge in [-0.05, 0) is 49.7 Å². The first-order valence-electron chi connectivity index (χ1n) is 9.05. The van der Waals surface area contributed by atoms with Gasteiger partial charge >= 0.3 is 0 Å². The number of hydrogen-bond donors (Lipinski definition) is 1. The lowest BCUT2D eigenvalue weighted by atomic mass is 9.75. The number of nitrogens with one attached hydrogen (secondary N) is 1. The normalized spacial score (nSPS) is 22.1. The second-order valence-electron chi connectivity index (χ2n) is 6.99. The molecule has 4 nitrogen and oxygen atoms in total. The molecule has 1 aliphatic carbocycles. The standard InChI is InChI=1S/C19H25Cl2NO3/c20-14-4-1-5-15(18(14)21)25-11-3-7-17(23)22-16-6-2-8-19(16)9-12-24-13-10-19/h1,4-5,16H,2-3,6-13H2,(H,22,23)/t16-/m0/s1. The van der Waals surface area contributed by atoms with Crippen LogP contribution in [-0.4, -0.2) is 31.8 Å². The zero-order valence-electron chi connectivity index (χ0n) is 14.4. The largest absolute Gasteiger partial charge is 0.492 e. The van der Waals surface area contributed by atoms with Gasteiger partial charge in [0.15, 0.2) is 0 Å². The minimum Gasteiger partial charge on any atom is -0.492 e. The maximum Gasteiger partial charge on any atom is 0.220 e. The third kappa shape index (κ3) is 4.60. The monoisotopic (exact) mass is 385 g/mol. The average Bonchev–Trinajstić information content (AvgIpc) is 2.97. The number of benzene rings is 1. The van der Waals surface area contributed by atoms with Gasteiger partial charge in [-0.1, -0.05) is 35.7 Å². The number of carbonyl (C=O) groups excluding carboxylic acids is 1. The molecule has 2 aliphatic rings. The van der Waals surface area contributed by atoms with Crippen LogP contribution in [0.5, 0.6) is 5.75 Å². The maximum atomic E-state index is 12.3. The SMILES string of the molecule is O=C(CCCOc1cccc(Cl)c1Cl)N[C@H]1CCCC12CCOCC2.